The Kier molecular flexibility index (Phi) is 10.7. The summed E-state index contributed by atoms with van der Waals surface area (Å²) in [5.74, 6) is 0. The molecule has 0 aliphatic carbocycles. The quantitative estimate of drug-likeness (QED) is 0.103. The smallest absolute Gasteiger partial charge is 0.323 e. The minimum Gasteiger partial charge on any atom is -0.388 e. The number of aryl methyl sites for hydroxylation is 2. The van der Waals surface area contributed by atoms with Gasteiger partial charge in [-0.05, 0) is 91.2 Å². The summed E-state index contributed by atoms with van der Waals surface area (Å²) < 4.78 is 0. The lowest BCUT2D eigenvalue weighted by Gasteiger charge is -2.23. The molecule has 8 heteroatoms. The van der Waals surface area contributed by atoms with Crippen LogP contribution in [-0.4, -0.2) is 24.0 Å². The minimum atomic E-state index is -0.284. The van der Waals surface area contributed by atoms with E-state index >= 15 is 0 Å². The van der Waals surface area contributed by atoms with E-state index in [-0.39, 0.29) is 12.1 Å². The lowest BCUT2D eigenvalue weighted by atomic mass is 10.1. The maximum Gasteiger partial charge on any atom is 0.323 e. The van der Waals surface area contributed by atoms with Crippen LogP contribution in [-0.2, 0) is 19.6 Å². The van der Waals surface area contributed by atoms with Gasteiger partial charge in [-0.1, -0.05) is 71.8 Å². The van der Waals surface area contributed by atoms with Gasteiger partial charge in [0, 0.05) is 55.1 Å². The molecule has 0 spiro atoms. The maximum absolute atomic E-state index is 12.5. The molecule has 4 amide bonds. The molecule has 5 aromatic rings. The van der Waals surface area contributed by atoms with E-state index < -0.39 is 0 Å². The first-order valence-electron chi connectivity index (χ1n) is 15.3. The zero-order chi connectivity index (χ0) is 32.3. The summed E-state index contributed by atoms with van der Waals surface area (Å²) in [5, 5.41) is 14.7. The Hall–Kier alpha value is -5.60. The van der Waals surface area contributed by atoms with Gasteiger partial charge in [-0.3, -0.25) is 4.90 Å². The van der Waals surface area contributed by atoms with Crippen molar-refractivity contribution in [2.45, 2.75) is 33.5 Å². The van der Waals surface area contributed by atoms with Gasteiger partial charge in [-0.25, -0.2) is 9.59 Å². The number of anilines is 5. The van der Waals surface area contributed by atoms with Crippen LogP contribution in [0.15, 0.2) is 121 Å². The zero-order valence-electron chi connectivity index (χ0n) is 26.4. The van der Waals surface area contributed by atoms with Crippen LogP contribution in [0, 0.1) is 13.8 Å². The Bertz CT molecular complexity index is 1610. The van der Waals surface area contributed by atoms with Crippen molar-refractivity contribution in [3.8, 4) is 0 Å². The van der Waals surface area contributed by atoms with E-state index in [1.54, 1.807) is 0 Å². The second kappa shape index (κ2) is 15.4. The van der Waals surface area contributed by atoms with Gasteiger partial charge in [0.2, 0.25) is 0 Å². The third-order valence-electron chi connectivity index (χ3n) is 7.50. The zero-order valence-corrected chi connectivity index (χ0v) is 26.4. The first-order valence-corrected chi connectivity index (χ1v) is 15.3. The SMILES string of the molecule is CNc1ccc(CN(Cc2ccc(NC(=O)Nc3ccc(C)cc3)cc2)Cc2ccc(NC(=O)Nc3ccc(C)cc3)cc2)cc1. The molecule has 0 unspecified atom stereocenters. The molecule has 0 aromatic heterocycles. The molecule has 0 aliphatic heterocycles. The Morgan fingerprint density at radius 1 is 0.435 bits per heavy atom. The number of nitrogens with zero attached hydrogens (tertiary/aromatic N) is 1. The Balaban J connectivity index is 1.21. The number of nitrogens with one attached hydrogen (secondary N) is 5. The van der Waals surface area contributed by atoms with Crippen molar-refractivity contribution in [3.05, 3.63) is 149 Å². The first-order chi connectivity index (χ1) is 22.3. The molecule has 0 saturated heterocycles. The first kappa shape index (κ1) is 31.8. The van der Waals surface area contributed by atoms with Gasteiger partial charge >= 0.3 is 12.1 Å². The van der Waals surface area contributed by atoms with Gasteiger partial charge in [0.15, 0.2) is 0 Å². The lowest BCUT2D eigenvalue weighted by Crippen LogP contribution is -2.23. The number of carbonyl (C=O) groups is 2. The second-order valence-corrected chi connectivity index (χ2v) is 11.4. The average molecular weight is 613 g/mol. The van der Waals surface area contributed by atoms with Crippen molar-refractivity contribution in [2.24, 2.45) is 0 Å². The highest BCUT2D eigenvalue weighted by Crippen LogP contribution is 2.20. The summed E-state index contributed by atoms with van der Waals surface area (Å²) in [6, 6.07) is 39.1. The normalized spacial score (nSPS) is 10.7. The van der Waals surface area contributed by atoms with Crippen LogP contribution in [0.1, 0.15) is 27.8 Å². The molecule has 0 bridgehead atoms. The standard InChI is InChI=1S/C38H40N6O2/c1-27-4-14-33(15-5-27)40-37(45)42-35-20-10-30(11-21-35)25-44(24-29-8-18-32(39-3)19-9-29)26-31-12-22-36(23-13-31)43-38(46)41-34-16-6-28(2)7-17-34/h4-23,39H,24-26H2,1-3H3,(H2,40,42,45)(H2,41,43,46). The number of hydrogen-bond acceptors (Lipinski definition) is 4. The molecule has 0 heterocycles. The molecule has 8 nitrogen and oxygen atoms in total. The summed E-state index contributed by atoms with van der Waals surface area (Å²) in [6.07, 6.45) is 0. The fourth-order valence-electron chi connectivity index (χ4n) is 4.97. The van der Waals surface area contributed by atoms with E-state index in [0.717, 1.165) is 57.2 Å². The van der Waals surface area contributed by atoms with E-state index in [9.17, 15) is 9.59 Å². The molecule has 5 rings (SSSR count). The van der Waals surface area contributed by atoms with Gasteiger partial charge in [-0.15, -0.1) is 0 Å². The van der Waals surface area contributed by atoms with Gasteiger partial charge in [0.05, 0.1) is 0 Å². The second-order valence-electron chi connectivity index (χ2n) is 11.4. The third-order valence-corrected chi connectivity index (χ3v) is 7.50. The molecular weight excluding hydrogens is 572 g/mol. The third kappa shape index (κ3) is 9.70. The highest BCUT2D eigenvalue weighted by molar-refractivity contribution is 6.00. The molecule has 0 atom stereocenters. The van der Waals surface area contributed by atoms with Crippen LogP contribution >= 0.6 is 0 Å². The topological polar surface area (TPSA) is 97.5 Å². The maximum atomic E-state index is 12.5. The van der Waals surface area contributed by atoms with E-state index in [4.69, 9.17) is 0 Å². The molecule has 0 aliphatic rings. The molecule has 0 fully saturated rings. The molecule has 5 N–H and O–H groups in total. The fourth-order valence-corrected chi connectivity index (χ4v) is 4.97. The van der Waals surface area contributed by atoms with Crippen LogP contribution in [0.4, 0.5) is 38.0 Å². The van der Waals surface area contributed by atoms with Crippen LogP contribution in [0.3, 0.4) is 0 Å². The number of carbonyl (C=O) groups excluding carboxylic acids is 2. The van der Waals surface area contributed by atoms with Crippen LogP contribution < -0.4 is 26.6 Å². The van der Waals surface area contributed by atoms with Gasteiger partial charge in [0.25, 0.3) is 0 Å². The van der Waals surface area contributed by atoms with Crippen molar-refractivity contribution in [1.82, 2.24) is 4.90 Å². The highest BCUT2D eigenvalue weighted by Gasteiger charge is 2.11. The predicted octanol–water partition coefficient (Wildman–Crippen LogP) is 8.84. The predicted molar refractivity (Wildman–Crippen MR) is 189 cm³/mol. The highest BCUT2D eigenvalue weighted by atomic mass is 16.2. The Morgan fingerprint density at radius 3 is 0.978 bits per heavy atom. The minimum absolute atomic E-state index is 0.284. The summed E-state index contributed by atoms with van der Waals surface area (Å²) in [5.41, 5.74) is 9.73. The number of urea groups is 2. The van der Waals surface area contributed by atoms with Crippen LogP contribution in [0.25, 0.3) is 0 Å². The van der Waals surface area contributed by atoms with Gasteiger partial charge in [-0.2, -0.15) is 0 Å². The Morgan fingerprint density at radius 2 is 0.696 bits per heavy atom. The van der Waals surface area contributed by atoms with E-state index in [1.165, 1.54) is 5.56 Å². The summed E-state index contributed by atoms with van der Waals surface area (Å²) in [7, 11) is 1.91. The molecule has 234 valence electrons. The average Bonchev–Trinajstić information content (AvgIpc) is 3.05. The molecule has 0 saturated carbocycles. The fraction of sp³-hybridized carbons (Fsp3) is 0.158. The summed E-state index contributed by atoms with van der Waals surface area (Å²) in [6.45, 7) is 6.19. The number of hydrogen-bond donors (Lipinski definition) is 5. The van der Waals surface area contributed by atoms with Crippen LogP contribution in [0.5, 0.6) is 0 Å². The summed E-state index contributed by atoms with van der Waals surface area (Å²) in [4.78, 5) is 27.4. The largest absolute Gasteiger partial charge is 0.388 e. The van der Waals surface area contributed by atoms with Crippen molar-refractivity contribution in [3.63, 3.8) is 0 Å². The van der Waals surface area contributed by atoms with Gasteiger partial charge in [0.1, 0.15) is 0 Å². The van der Waals surface area contributed by atoms with E-state index in [1.807, 2.05) is 118 Å². The van der Waals surface area contributed by atoms with Crippen molar-refractivity contribution in [1.29, 1.82) is 0 Å². The van der Waals surface area contributed by atoms with E-state index in [0.29, 0.717) is 13.1 Å². The number of amides is 4. The van der Waals surface area contributed by atoms with Crippen molar-refractivity contribution >= 4 is 40.5 Å². The van der Waals surface area contributed by atoms with Crippen molar-refractivity contribution in [2.75, 3.05) is 33.6 Å². The molecule has 0 radical (unpaired) electrons. The Labute approximate surface area is 270 Å². The number of rotatable bonds is 11. The molecule has 46 heavy (non-hydrogen) atoms. The van der Waals surface area contributed by atoms with Crippen molar-refractivity contribution < 1.29 is 9.59 Å². The monoisotopic (exact) mass is 612 g/mol. The number of benzene rings is 5. The summed E-state index contributed by atoms with van der Waals surface area (Å²) >= 11 is 0. The molecule has 5 aromatic carbocycles. The lowest BCUT2D eigenvalue weighted by molar-refractivity contribution is 0.247. The van der Waals surface area contributed by atoms with Gasteiger partial charge < -0.3 is 26.6 Å². The van der Waals surface area contributed by atoms with Crippen LogP contribution in [0.2, 0.25) is 0 Å². The molecular formula is C38H40N6O2. The van der Waals surface area contributed by atoms with E-state index in [2.05, 4.69) is 55.7 Å².